The van der Waals surface area contributed by atoms with Crippen LogP contribution in [-0.2, 0) is 0 Å². The van der Waals surface area contributed by atoms with Crippen molar-refractivity contribution in [3.63, 3.8) is 0 Å². The molecule has 1 aliphatic rings. The first kappa shape index (κ1) is 13.4. The molecule has 0 radical (unpaired) electrons. The molecule has 0 unspecified atom stereocenters. The Morgan fingerprint density at radius 3 is 2.52 bits per heavy atom. The molecule has 0 saturated heterocycles. The minimum absolute atomic E-state index is 0.142. The molecule has 0 spiro atoms. The molecule has 0 bridgehead atoms. The van der Waals surface area contributed by atoms with Gasteiger partial charge >= 0.3 is 5.69 Å². The van der Waals surface area contributed by atoms with E-state index in [0.717, 1.165) is 5.56 Å². The van der Waals surface area contributed by atoms with E-state index in [1.54, 1.807) is 12.1 Å². The number of aromatic amines is 1. The first-order valence-corrected chi connectivity index (χ1v) is 6.88. The number of allylic oxidation sites excluding steroid dienone is 2. The number of benzene rings is 1. The molecule has 21 heavy (non-hydrogen) atoms. The summed E-state index contributed by atoms with van der Waals surface area (Å²) < 4.78 is 1.28. The van der Waals surface area contributed by atoms with Gasteiger partial charge in [0.1, 0.15) is 5.56 Å². The molecule has 0 aliphatic heterocycles. The Hall–Kier alpha value is -2.56. The average molecular weight is 284 g/mol. The number of hydrogen-bond acceptors (Lipinski definition) is 3. The quantitative estimate of drug-likeness (QED) is 0.829. The van der Waals surface area contributed by atoms with Gasteiger partial charge in [0.2, 0.25) is 5.88 Å². The molecular formula is C16H16N2O3. The predicted octanol–water partition coefficient (Wildman–Crippen LogP) is 2.11. The zero-order valence-electron chi connectivity index (χ0n) is 11.7. The number of nitrogens with zero attached hydrogens (tertiary/aromatic N) is 1. The van der Waals surface area contributed by atoms with Gasteiger partial charge in [-0.3, -0.25) is 14.3 Å². The van der Waals surface area contributed by atoms with Crippen molar-refractivity contribution in [3.05, 3.63) is 62.8 Å². The van der Waals surface area contributed by atoms with E-state index in [4.69, 9.17) is 0 Å². The van der Waals surface area contributed by atoms with Gasteiger partial charge in [0.05, 0.1) is 0 Å². The number of aromatic hydroxyl groups is 1. The average Bonchev–Trinajstić information content (AvgIpc) is 2.94. The highest BCUT2D eigenvalue weighted by molar-refractivity contribution is 5.70. The van der Waals surface area contributed by atoms with E-state index < -0.39 is 11.2 Å². The third-order valence-corrected chi connectivity index (χ3v) is 3.88. The molecule has 0 amide bonds. The summed E-state index contributed by atoms with van der Waals surface area (Å²) in [6.07, 6.45) is 5.28. The molecule has 0 atom stereocenters. The summed E-state index contributed by atoms with van der Waals surface area (Å²) in [5, 5.41) is 10.5. The van der Waals surface area contributed by atoms with Gasteiger partial charge in [0, 0.05) is 6.04 Å². The molecule has 3 rings (SSSR count). The van der Waals surface area contributed by atoms with Gasteiger partial charge in [-0.1, -0.05) is 36.4 Å². The van der Waals surface area contributed by atoms with Crippen LogP contribution in [0.3, 0.4) is 0 Å². The van der Waals surface area contributed by atoms with Gasteiger partial charge < -0.3 is 5.11 Å². The lowest BCUT2D eigenvalue weighted by atomic mass is 10.0. The summed E-state index contributed by atoms with van der Waals surface area (Å²) in [5.41, 5.74) is 0.529. The van der Waals surface area contributed by atoms with Gasteiger partial charge in [0.25, 0.3) is 5.56 Å². The van der Waals surface area contributed by atoms with Gasteiger partial charge in [-0.05, 0) is 30.9 Å². The lowest BCUT2D eigenvalue weighted by Crippen LogP contribution is -2.33. The normalized spacial score (nSPS) is 14.7. The fraction of sp³-hybridized carbons (Fsp3) is 0.250. The number of H-pyrrole nitrogens is 1. The molecular weight excluding hydrogens is 268 g/mol. The van der Waals surface area contributed by atoms with Gasteiger partial charge in [0.15, 0.2) is 0 Å². The molecule has 2 N–H and O–H groups in total. The number of rotatable bonds is 2. The Balaban J connectivity index is 2.27. The highest BCUT2D eigenvalue weighted by Gasteiger charge is 2.23. The summed E-state index contributed by atoms with van der Waals surface area (Å²) in [7, 11) is 0. The number of aromatic nitrogens is 2. The molecule has 0 fully saturated rings. The monoisotopic (exact) mass is 284 g/mol. The van der Waals surface area contributed by atoms with E-state index in [1.165, 1.54) is 4.57 Å². The molecule has 1 aliphatic carbocycles. The van der Waals surface area contributed by atoms with E-state index in [9.17, 15) is 14.7 Å². The van der Waals surface area contributed by atoms with Crippen molar-refractivity contribution in [2.24, 2.45) is 0 Å². The lowest BCUT2D eigenvalue weighted by molar-refractivity contribution is 0.370. The number of aryl methyl sites for hydroxylation is 1. The molecule has 5 heteroatoms. The third kappa shape index (κ3) is 2.20. The Bertz CT molecular complexity index is 822. The summed E-state index contributed by atoms with van der Waals surface area (Å²) in [5.74, 6) is -0.258. The maximum absolute atomic E-state index is 12.1. The summed E-state index contributed by atoms with van der Waals surface area (Å²) >= 11 is 0. The van der Waals surface area contributed by atoms with Gasteiger partial charge in [-0.2, -0.15) is 0 Å². The summed E-state index contributed by atoms with van der Waals surface area (Å²) in [4.78, 5) is 26.5. The summed E-state index contributed by atoms with van der Waals surface area (Å²) in [6, 6.07) is 7.15. The van der Waals surface area contributed by atoms with Crippen LogP contribution in [0.2, 0.25) is 0 Å². The fourth-order valence-corrected chi connectivity index (χ4v) is 2.79. The van der Waals surface area contributed by atoms with Crippen LogP contribution in [0, 0.1) is 6.92 Å². The van der Waals surface area contributed by atoms with E-state index >= 15 is 0 Å². The SMILES string of the molecule is Cc1ccccc1-c1c(O)n(C2CC=CC2)c(=O)[nH]c1=O. The van der Waals surface area contributed by atoms with Crippen LogP contribution < -0.4 is 11.2 Å². The van der Waals surface area contributed by atoms with Crippen LogP contribution >= 0.6 is 0 Å². The van der Waals surface area contributed by atoms with Crippen molar-refractivity contribution < 1.29 is 5.11 Å². The molecule has 1 aromatic heterocycles. The van der Waals surface area contributed by atoms with E-state index in [1.807, 2.05) is 31.2 Å². The second kappa shape index (κ2) is 5.09. The van der Waals surface area contributed by atoms with Crippen LogP contribution in [0.25, 0.3) is 11.1 Å². The van der Waals surface area contributed by atoms with Crippen molar-refractivity contribution in [2.75, 3.05) is 0 Å². The third-order valence-electron chi connectivity index (χ3n) is 3.88. The van der Waals surface area contributed by atoms with Gasteiger partial charge in [-0.15, -0.1) is 0 Å². The molecule has 0 saturated carbocycles. The molecule has 108 valence electrons. The van der Waals surface area contributed by atoms with Crippen molar-refractivity contribution in [1.29, 1.82) is 0 Å². The molecule has 1 aromatic carbocycles. The maximum atomic E-state index is 12.1. The second-order valence-electron chi connectivity index (χ2n) is 5.24. The first-order chi connectivity index (χ1) is 10.1. The van der Waals surface area contributed by atoms with Gasteiger partial charge in [-0.25, -0.2) is 4.79 Å². The van der Waals surface area contributed by atoms with E-state index in [2.05, 4.69) is 4.98 Å². The largest absolute Gasteiger partial charge is 0.494 e. The Kier molecular flexibility index (Phi) is 3.25. The topological polar surface area (TPSA) is 75.1 Å². The zero-order valence-corrected chi connectivity index (χ0v) is 11.7. The first-order valence-electron chi connectivity index (χ1n) is 6.88. The Labute approximate surface area is 121 Å². The number of nitrogens with one attached hydrogen (secondary N) is 1. The van der Waals surface area contributed by atoms with Crippen molar-refractivity contribution >= 4 is 0 Å². The van der Waals surface area contributed by atoms with Crippen molar-refractivity contribution in [2.45, 2.75) is 25.8 Å². The minimum Gasteiger partial charge on any atom is -0.494 e. The van der Waals surface area contributed by atoms with Crippen molar-refractivity contribution in [1.82, 2.24) is 9.55 Å². The smallest absolute Gasteiger partial charge is 0.331 e. The zero-order chi connectivity index (χ0) is 15.0. The second-order valence-corrected chi connectivity index (χ2v) is 5.24. The molecule has 2 aromatic rings. The Morgan fingerprint density at radius 2 is 1.86 bits per heavy atom. The van der Waals surface area contributed by atoms with Crippen molar-refractivity contribution in [3.8, 4) is 17.0 Å². The Morgan fingerprint density at radius 1 is 1.19 bits per heavy atom. The van der Waals surface area contributed by atoms with Crippen LogP contribution in [0.5, 0.6) is 5.88 Å². The molecule has 5 nitrogen and oxygen atoms in total. The fourth-order valence-electron chi connectivity index (χ4n) is 2.79. The van der Waals surface area contributed by atoms with Crippen LogP contribution in [0.15, 0.2) is 46.0 Å². The number of hydrogen-bond donors (Lipinski definition) is 2. The van der Waals surface area contributed by atoms with E-state index in [-0.39, 0.29) is 17.5 Å². The minimum atomic E-state index is -0.566. The van der Waals surface area contributed by atoms with E-state index in [0.29, 0.717) is 18.4 Å². The standard InChI is InChI=1S/C16H16N2O3/c1-10-6-2-5-9-12(10)13-14(19)17-16(21)18(15(13)20)11-7-3-4-8-11/h2-6,9,11,20H,7-8H2,1H3,(H,17,19,21). The maximum Gasteiger partial charge on any atom is 0.331 e. The van der Waals surface area contributed by atoms with Crippen LogP contribution in [0.4, 0.5) is 0 Å². The predicted molar refractivity (Wildman–Crippen MR) is 80.6 cm³/mol. The highest BCUT2D eigenvalue weighted by atomic mass is 16.3. The molecule has 1 heterocycles. The highest BCUT2D eigenvalue weighted by Crippen LogP contribution is 2.31. The lowest BCUT2D eigenvalue weighted by Gasteiger charge is -2.17. The summed E-state index contributed by atoms with van der Waals surface area (Å²) in [6.45, 7) is 1.86. The van der Waals surface area contributed by atoms with Crippen LogP contribution in [0.1, 0.15) is 24.4 Å². The van der Waals surface area contributed by atoms with Crippen LogP contribution in [-0.4, -0.2) is 14.7 Å².